The van der Waals surface area contributed by atoms with Crippen LogP contribution in [0.5, 0.6) is 0 Å². The molecule has 8 nitrogen and oxygen atoms in total. The first-order valence-corrected chi connectivity index (χ1v) is 11.6. The first kappa shape index (κ1) is 23.7. The van der Waals surface area contributed by atoms with Gasteiger partial charge in [-0.15, -0.1) is 0 Å². The maximum Gasteiger partial charge on any atom is 0.419 e. The van der Waals surface area contributed by atoms with Crippen molar-refractivity contribution in [3.8, 4) is 17.2 Å². The Balaban J connectivity index is 1.42. The molecular formula is C26H30N4O4. The lowest BCUT2D eigenvalue weighted by atomic mass is 9.86. The Labute approximate surface area is 198 Å². The Morgan fingerprint density at radius 3 is 2.79 bits per heavy atom. The smallest absolute Gasteiger partial charge is 0.408 e. The normalized spacial score (nSPS) is 21.9. The fourth-order valence-electron chi connectivity index (χ4n) is 4.55. The Bertz CT molecular complexity index is 1270. The van der Waals surface area contributed by atoms with Crippen LogP contribution >= 0.6 is 0 Å². The number of nitrogens with one attached hydrogen (secondary N) is 2. The van der Waals surface area contributed by atoms with E-state index in [2.05, 4.69) is 16.7 Å². The van der Waals surface area contributed by atoms with Gasteiger partial charge in [-0.2, -0.15) is 5.26 Å². The zero-order valence-electron chi connectivity index (χ0n) is 19.5. The van der Waals surface area contributed by atoms with Crippen LogP contribution in [0.3, 0.4) is 0 Å². The second-order valence-electron chi connectivity index (χ2n) is 9.41. The van der Waals surface area contributed by atoms with Crippen LogP contribution in [0.15, 0.2) is 51.7 Å². The number of carbonyl (C=O) groups excluding carboxylic acids is 1. The van der Waals surface area contributed by atoms with E-state index in [9.17, 15) is 20.0 Å². The zero-order chi connectivity index (χ0) is 24.3. The van der Waals surface area contributed by atoms with Crippen LogP contribution < -0.4 is 16.4 Å². The molecule has 3 N–H and O–H groups in total. The number of carbonyl (C=O) groups is 1. The summed E-state index contributed by atoms with van der Waals surface area (Å²) < 4.78 is 6.66. The van der Waals surface area contributed by atoms with Gasteiger partial charge in [0.25, 0.3) is 0 Å². The third kappa shape index (κ3) is 5.38. The van der Waals surface area contributed by atoms with E-state index in [1.54, 1.807) is 20.0 Å². The SMILES string of the molecule is Cn1c(=O)oc2ccc(-c3ccc(CC(C#N)NC(=O)C4CNCCCC(C)(O)C4)cc3)cc21. The van der Waals surface area contributed by atoms with E-state index in [-0.39, 0.29) is 11.8 Å². The van der Waals surface area contributed by atoms with E-state index in [0.717, 1.165) is 35.2 Å². The number of rotatable bonds is 5. The molecule has 0 saturated carbocycles. The van der Waals surface area contributed by atoms with Crippen molar-refractivity contribution in [2.24, 2.45) is 13.0 Å². The van der Waals surface area contributed by atoms with Crippen LogP contribution in [-0.4, -0.2) is 40.3 Å². The summed E-state index contributed by atoms with van der Waals surface area (Å²) in [6.45, 7) is 3.02. The van der Waals surface area contributed by atoms with Crippen molar-refractivity contribution in [3.63, 3.8) is 0 Å². The van der Waals surface area contributed by atoms with E-state index in [1.807, 2.05) is 36.4 Å². The summed E-state index contributed by atoms with van der Waals surface area (Å²) in [7, 11) is 1.67. The predicted molar refractivity (Wildman–Crippen MR) is 129 cm³/mol. The van der Waals surface area contributed by atoms with Crippen LogP contribution in [0.25, 0.3) is 22.2 Å². The summed E-state index contributed by atoms with van der Waals surface area (Å²) in [5.74, 6) is -0.995. The molecule has 8 heteroatoms. The van der Waals surface area contributed by atoms with E-state index >= 15 is 0 Å². The number of nitriles is 1. The second kappa shape index (κ2) is 9.84. The summed E-state index contributed by atoms with van der Waals surface area (Å²) in [6.07, 6.45) is 2.26. The molecule has 0 bridgehead atoms. The molecule has 34 heavy (non-hydrogen) atoms. The topological polar surface area (TPSA) is 120 Å². The Morgan fingerprint density at radius 2 is 2.06 bits per heavy atom. The van der Waals surface area contributed by atoms with Gasteiger partial charge in [0.15, 0.2) is 5.58 Å². The molecule has 2 heterocycles. The predicted octanol–water partition coefficient (Wildman–Crippen LogP) is 2.49. The molecule has 3 unspecified atom stereocenters. The van der Waals surface area contributed by atoms with Gasteiger partial charge < -0.3 is 20.2 Å². The van der Waals surface area contributed by atoms with Crippen LogP contribution in [0, 0.1) is 17.2 Å². The van der Waals surface area contributed by atoms with Gasteiger partial charge in [-0.25, -0.2) is 4.79 Å². The summed E-state index contributed by atoms with van der Waals surface area (Å²) in [5.41, 5.74) is 3.23. The lowest BCUT2D eigenvalue weighted by Crippen LogP contribution is -2.46. The molecule has 3 atom stereocenters. The number of benzene rings is 2. The molecule has 178 valence electrons. The molecule has 0 aliphatic carbocycles. The number of aromatic nitrogens is 1. The van der Waals surface area contributed by atoms with Gasteiger partial charge in [0.05, 0.1) is 23.1 Å². The molecule has 1 fully saturated rings. The highest BCUT2D eigenvalue weighted by Crippen LogP contribution is 2.25. The van der Waals surface area contributed by atoms with E-state index < -0.39 is 17.4 Å². The average molecular weight is 463 g/mol. The maximum absolute atomic E-state index is 12.8. The number of fused-ring (bicyclic) bond motifs is 1. The summed E-state index contributed by atoms with van der Waals surface area (Å²) >= 11 is 0. The number of amides is 1. The van der Waals surface area contributed by atoms with Gasteiger partial charge in [-0.1, -0.05) is 30.3 Å². The standard InChI is InChI=1S/C26H30N4O4/c1-26(33)10-3-11-28-16-20(14-26)24(31)29-21(15-27)12-17-4-6-18(7-5-17)19-8-9-23-22(13-19)30(2)25(32)34-23/h4-9,13,20-21,28,33H,3,10-12,14,16H2,1-2H3,(H,29,31). The molecule has 2 aromatic carbocycles. The minimum absolute atomic E-state index is 0.211. The number of nitrogens with zero attached hydrogens (tertiary/aromatic N) is 2. The first-order chi connectivity index (χ1) is 16.3. The van der Waals surface area contributed by atoms with Gasteiger partial charge in [-0.3, -0.25) is 9.36 Å². The highest BCUT2D eigenvalue weighted by atomic mass is 16.4. The van der Waals surface area contributed by atoms with Crippen molar-refractivity contribution in [2.45, 2.75) is 44.2 Å². The molecule has 0 radical (unpaired) electrons. The summed E-state index contributed by atoms with van der Waals surface area (Å²) in [5, 5.41) is 26.3. The molecule has 1 aliphatic heterocycles. The van der Waals surface area contributed by atoms with E-state index in [4.69, 9.17) is 4.42 Å². The quantitative estimate of drug-likeness (QED) is 0.536. The van der Waals surface area contributed by atoms with Crippen molar-refractivity contribution in [1.29, 1.82) is 5.26 Å². The number of aryl methyl sites for hydroxylation is 1. The summed E-state index contributed by atoms with van der Waals surface area (Å²) in [6, 6.07) is 14.9. The Morgan fingerprint density at radius 1 is 1.32 bits per heavy atom. The lowest BCUT2D eigenvalue weighted by molar-refractivity contribution is -0.127. The highest BCUT2D eigenvalue weighted by molar-refractivity contribution is 5.81. The van der Waals surface area contributed by atoms with Crippen molar-refractivity contribution in [3.05, 3.63) is 58.6 Å². The number of hydrogen-bond acceptors (Lipinski definition) is 6. The molecule has 1 aliphatic rings. The van der Waals surface area contributed by atoms with Crippen molar-refractivity contribution >= 4 is 17.0 Å². The third-order valence-corrected chi connectivity index (χ3v) is 6.51. The molecule has 1 amide bonds. The molecule has 1 saturated heterocycles. The van der Waals surface area contributed by atoms with Crippen LogP contribution in [0.1, 0.15) is 31.7 Å². The second-order valence-corrected chi connectivity index (χ2v) is 9.41. The minimum atomic E-state index is -0.881. The Hall–Kier alpha value is -3.41. The fourth-order valence-corrected chi connectivity index (χ4v) is 4.55. The van der Waals surface area contributed by atoms with Gasteiger partial charge >= 0.3 is 5.76 Å². The zero-order valence-corrected chi connectivity index (χ0v) is 19.5. The van der Waals surface area contributed by atoms with Crippen molar-refractivity contribution < 1.29 is 14.3 Å². The van der Waals surface area contributed by atoms with Gasteiger partial charge in [0.2, 0.25) is 5.91 Å². The number of aliphatic hydroxyl groups is 1. The van der Waals surface area contributed by atoms with Crippen molar-refractivity contribution in [2.75, 3.05) is 13.1 Å². The molecule has 0 spiro atoms. The number of oxazole rings is 1. The van der Waals surface area contributed by atoms with Gasteiger partial charge in [0, 0.05) is 20.0 Å². The average Bonchev–Trinajstić information content (AvgIpc) is 3.09. The molecular weight excluding hydrogens is 432 g/mol. The number of hydrogen-bond donors (Lipinski definition) is 3. The van der Waals surface area contributed by atoms with Gasteiger partial charge in [-0.05, 0) is 61.6 Å². The monoisotopic (exact) mass is 462 g/mol. The van der Waals surface area contributed by atoms with Crippen LogP contribution in [-0.2, 0) is 18.3 Å². The summed E-state index contributed by atoms with van der Waals surface area (Å²) in [4.78, 5) is 24.6. The largest absolute Gasteiger partial charge is 0.419 e. The molecule has 3 aromatic rings. The minimum Gasteiger partial charge on any atom is -0.408 e. The highest BCUT2D eigenvalue weighted by Gasteiger charge is 2.31. The van der Waals surface area contributed by atoms with E-state index in [1.165, 1.54) is 4.57 Å². The Kier molecular flexibility index (Phi) is 6.87. The van der Waals surface area contributed by atoms with Crippen molar-refractivity contribution in [1.82, 2.24) is 15.2 Å². The van der Waals surface area contributed by atoms with Crippen LogP contribution in [0.2, 0.25) is 0 Å². The third-order valence-electron chi connectivity index (χ3n) is 6.51. The molecule has 1 aromatic heterocycles. The van der Waals surface area contributed by atoms with E-state index in [0.29, 0.717) is 31.4 Å². The fraction of sp³-hybridized carbons (Fsp3) is 0.423. The lowest BCUT2D eigenvalue weighted by Gasteiger charge is -2.31. The molecule has 4 rings (SSSR count). The maximum atomic E-state index is 12.8. The van der Waals surface area contributed by atoms with Gasteiger partial charge in [0.1, 0.15) is 6.04 Å². The first-order valence-electron chi connectivity index (χ1n) is 11.6. The van der Waals surface area contributed by atoms with Crippen LogP contribution in [0.4, 0.5) is 0 Å².